The minimum Gasteiger partial charge on any atom is -0.398 e. The number of nitrogens with one attached hydrogen (secondary N) is 1. The molecule has 0 aliphatic carbocycles. The number of rotatable bonds is 3. The van der Waals surface area contributed by atoms with Crippen LogP contribution in [0.1, 0.15) is 64.8 Å². The molecule has 0 bridgehead atoms. The van der Waals surface area contributed by atoms with E-state index in [9.17, 15) is 9.18 Å². The number of carbonyl (C=O) groups is 1. The molecule has 7 nitrogen and oxygen atoms in total. The van der Waals surface area contributed by atoms with E-state index >= 15 is 4.39 Å². The second kappa shape index (κ2) is 8.94. The van der Waals surface area contributed by atoms with E-state index in [0.29, 0.717) is 54.1 Å². The number of benzene rings is 1. The maximum absolute atomic E-state index is 15.0. The van der Waals surface area contributed by atoms with Gasteiger partial charge in [0.15, 0.2) is 5.65 Å². The number of carbonyl (C=O) groups excluding carboxylic acids is 1. The molecule has 2 aliphatic rings. The lowest BCUT2D eigenvalue weighted by Gasteiger charge is -2.32. The van der Waals surface area contributed by atoms with Gasteiger partial charge in [-0.1, -0.05) is 0 Å². The summed E-state index contributed by atoms with van der Waals surface area (Å²) in [5, 5.41) is 0. The highest BCUT2D eigenvalue weighted by molar-refractivity contribution is 5.99. The number of hydrogen-bond acceptors (Lipinski definition) is 5. The number of piperidine rings is 2. The van der Waals surface area contributed by atoms with Gasteiger partial charge in [-0.25, -0.2) is 18.7 Å². The largest absolute Gasteiger partial charge is 0.398 e. The van der Waals surface area contributed by atoms with E-state index in [2.05, 4.69) is 21.9 Å². The van der Waals surface area contributed by atoms with E-state index in [1.807, 2.05) is 0 Å². The van der Waals surface area contributed by atoms with Gasteiger partial charge in [0, 0.05) is 30.3 Å². The molecule has 2 fully saturated rings. The smallest absolute Gasteiger partial charge is 0.256 e. The number of H-pyrrole nitrogens is 1. The summed E-state index contributed by atoms with van der Waals surface area (Å²) in [5.74, 6) is 0.0517. The Balaban J connectivity index is 1.35. The van der Waals surface area contributed by atoms with Gasteiger partial charge < -0.3 is 20.5 Å². The lowest BCUT2D eigenvalue weighted by molar-refractivity contribution is 0.0713. The van der Waals surface area contributed by atoms with E-state index in [-0.39, 0.29) is 28.9 Å². The Hall–Kier alpha value is -3.07. The maximum atomic E-state index is 15.0. The Morgan fingerprint density at radius 3 is 2.44 bits per heavy atom. The number of likely N-dealkylation sites (tertiary alicyclic amines) is 2. The first kappa shape index (κ1) is 22.7. The molecule has 0 spiro atoms. The summed E-state index contributed by atoms with van der Waals surface area (Å²) in [6.07, 6.45) is 4.47. The molecule has 0 unspecified atom stereocenters. The molecule has 0 radical (unpaired) electrons. The number of anilines is 1. The first-order valence-corrected chi connectivity index (χ1v) is 11.9. The Labute approximate surface area is 197 Å². The molecule has 5 rings (SSSR count). The predicted octanol–water partition coefficient (Wildman–Crippen LogP) is 3.96. The molecule has 9 heteroatoms. The summed E-state index contributed by atoms with van der Waals surface area (Å²) in [6, 6.07) is 2.69. The molecule has 1 amide bonds. The minimum atomic E-state index is -0.451. The molecule has 4 heterocycles. The number of imidazole rings is 1. The quantitative estimate of drug-likeness (QED) is 0.568. The van der Waals surface area contributed by atoms with Crippen LogP contribution < -0.4 is 5.73 Å². The van der Waals surface area contributed by atoms with Crippen molar-refractivity contribution in [2.24, 2.45) is 0 Å². The standard InChI is InChI=1S/C25H30F2N6O/c1-14-11-20(28)17(12-18(14)26)25(34)33-9-5-15(6-10-33)21-19(27)13-29-24-22(21)30-23(31-24)16-3-7-32(2)8-4-16/h11-13,15-16H,3-10,28H2,1-2H3,(H,29,30,31). The van der Waals surface area contributed by atoms with Crippen molar-refractivity contribution >= 4 is 22.8 Å². The third-order valence-corrected chi connectivity index (χ3v) is 7.39. The third-order valence-electron chi connectivity index (χ3n) is 7.39. The van der Waals surface area contributed by atoms with Crippen molar-refractivity contribution in [1.29, 1.82) is 0 Å². The average Bonchev–Trinajstić information content (AvgIpc) is 3.26. The number of nitrogens with zero attached hydrogens (tertiary/aromatic N) is 4. The molecule has 0 saturated carbocycles. The number of hydrogen-bond donors (Lipinski definition) is 2. The molecule has 1 aromatic carbocycles. The van der Waals surface area contributed by atoms with Crippen LogP contribution in [0.15, 0.2) is 18.3 Å². The van der Waals surface area contributed by atoms with Crippen LogP contribution in [-0.4, -0.2) is 63.9 Å². The highest BCUT2D eigenvalue weighted by Gasteiger charge is 2.30. The summed E-state index contributed by atoms with van der Waals surface area (Å²) >= 11 is 0. The summed E-state index contributed by atoms with van der Waals surface area (Å²) in [4.78, 5) is 29.3. The van der Waals surface area contributed by atoms with Crippen LogP contribution in [0.4, 0.5) is 14.5 Å². The Kier molecular flexibility index (Phi) is 5.97. The number of amides is 1. The van der Waals surface area contributed by atoms with Gasteiger partial charge in [0.05, 0.1) is 17.3 Å². The molecule has 2 aliphatic heterocycles. The van der Waals surface area contributed by atoms with E-state index in [1.165, 1.54) is 18.3 Å². The minimum absolute atomic E-state index is 0.0626. The zero-order valence-corrected chi connectivity index (χ0v) is 19.6. The zero-order chi connectivity index (χ0) is 24.0. The maximum Gasteiger partial charge on any atom is 0.256 e. The highest BCUT2D eigenvalue weighted by atomic mass is 19.1. The number of halogens is 2. The first-order chi connectivity index (χ1) is 16.3. The zero-order valence-electron chi connectivity index (χ0n) is 19.6. The van der Waals surface area contributed by atoms with Crippen LogP contribution in [0.5, 0.6) is 0 Å². The fourth-order valence-electron chi connectivity index (χ4n) is 5.28. The van der Waals surface area contributed by atoms with Crippen LogP contribution in [0.3, 0.4) is 0 Å². The average molecular weight is 469 g/mol. The summed E-state index contributed by atoms with van der Waals surface area (Å²) in [5.41, 5.74) is 8.66. The molecule has 0 atom stereocenters. The van der Waals surface area contributed by atoms with Crippen LogP contribution in [0.2, 0.25) is 0 Å². The molecular formula is C25H30F2N6O. The van der Waals surface area contributed by atoms with Crippen molar-refractivity contribution in [2.75, 3.05) is 39.0 Å². The molecule has 3 aromatic rings. The van der Waals surface area contributed by atoms with Crippen LogP contribution >= 0.6 is 0 Å². The summed E-state index contributed by atoms with van der Waals surface area (Å²) in [6.45, 7) is 4.52. The van der Waals surface area contributed by atoms with Gasteiger partial charge in [-0.2, -0.15) is 0 Å². The number of aryl methyl sites for hydroxylation is 1. The van der Waals surface area contributed by atoms with Gasteiger partial charge in [-0.05, 0) is 76.4 Å². The molecule has 34 heavy (non-hydrogen) atoms. The number of aromatic amines is 1. The van der Waals surface area contributed by atoms with Crippen molar-refractivity contribution in [2.45, 2.75) is 44.4 Å². The van der Waals surface area contributed by atoms with Gasteiger partial charge in [0.1, 0.15) is 17.5 Å². The van der Waals surface area contributed by atoms with Crippen molar-refractivity contribution < 1.29 is 13.6 Å². The van der Waals surface area contributed by atoms with E-state index in [4.69, 9.17) is 10.7 Å². The summed E-state index contributed by atoms with van der Waals surface area (Å²) in [7, 11) is 2.12. The monoisotopic (exact) mass is 468 g/mol. The second-order valence-electron chi connectivity index (χ2n) is 9.67. The molecule has 3 N–H and O–H groups in total. The second-order valence-corrected chi connectivity index (χ2v) is 9.67. The predicted molar refractivity (Wildman–Crippen MR) is 127 cm³/mol. The van der Waals surface area contributed by atoms with Gasteiger partial charge in [-0.3, -0.25) is 4.79 Å². The van der Waals surface area contributed by atoms with Gasteiger partial charge in [0.2, 0.25) is 0 Å². The van der Waals surface area contributed by atoms with Crippen molar-refractivity contribution in [3.63, 3.8) is 0 Å². The van der Waals surface area contributed by atoms with Gasteiger partial charge in [0.25, 0.3) is 5.91 Å². The van der Waals surface area contributed by atoms with E-state index in [0.717, 1.165) is 31.8 Å². The molecule has 2 aromatic heterocycles. The number of fused-ring (bicyclic) bond motifs is 1. The third kappa shape index (κ3) is 4.13. The number of nitrogen functional groups attached to an aromatic ring is 1. The van der Waals surface area contributed by atoms with Gasteiger partial charge >= 0.3 is 0 Å². The SMILES string of the molecule is Cc1cc(N)c(C(=O)N2CCC(c3c(F)cnc4nc(C5CCN(C)CC5)[nH]c34)CC2)cc1F. The normalized spacial score (nSPS) is 18.6. The number of nitrogens with two attached hydrogens (primary N) is 1. The summed E-state index contributed by atoms with van der Waals surface area (Å²) < 4.78 is 29.0. The first-order valence-electron chi connectivity index (χ1n) is 11.9. The fourth-order valence-corrected chi connectivity index (χ4v) is 5.28. The number of pyridine rings is 1. The lowest BCUT2D eigenvalue weighted by Crippen LogP contribution is -2.38. The Morgan fingerprint density at radius 1 is 1.06 bits per heavy atom. The van der Waals surface area contributed by atoms with Crippen molar-refractivity contribution in [3.8, 4) is 0 Å². The topological polar surface area (TPSA) is 91.1 Å². The van der Waals surface area contributed by atoms with Crippen LogP contribution in [0.25, 0.3) is 11.2 Å². The van der Waals surface area contributed by atoms with E-state index in [1.54, 1.807) is 11.8 Å². The van der Waals surface area contributed by atoms with Gasteiger partial charge in [-0.15, -0.1) is 0 Å². The molecule has 2 saturated heterocycles. The van der Waals surface area contributed by atoms with Crippen molar-refractivity contribution in [3.05, 3.63) is 52.5 Å². The fraction of sp³-hybridized carbons (Fsp3) is 0.480. The van der Waals surface area contributed by atoms with E-state index < -0.39 is 5.82 Å². The van der Waals surface area contributed by atoms with Crippen LogP contribution in [-0.2, 0) is 0 Å². The van der Waals surface area contributed by atoms with Crippen molar-refractivity contribution in [1.82, 2.24) is 24.8 Å². The highest BCUT2D eigenvalue weighted by Crippen LogP contribution is 2.36. The van der Waals surface area contributed by atoms with Crippen LogP contribution in [0, 0.1) is 18.6 Å². The number of aromatic nitrogens is 3. The molecule has 180 valence electrons. The Bertz CT molecular complexity index is 1230. The Morgan fingerprint density at radius 2 is 1.74 bits per heavy atom. The lowest BCUT2D eigenvalue weighted by atomic mass is 9.88. The molecular weight excluding hydrogens is 438 g/mol.